The van der Waals surface area contributed by atoms with Crippen molar-refractivity contribution in [3.8, 4) is 0 Å². The highest BCUT2D eigenvalue weighted by molar-refractivity contribution is 7.20. The Hall–Kier alpha value is -2.48. The predicted molar refractivity (Wildman–Crippen MR) is 81.1 cm³/mol. The van der Waals surface area contributed by atoms with Gasteiger partial charge in [-0.15, -0.1) is 11.3 Å². The largest absolute Gasteiger partial charge is 0.356 e. The minimum absolute atomic E-state index is 0.118. The van der Waals surface area contributed by atoms with Crippen LogP contribution < -0.4 is 10.6 Å². The lowest BCUT2D eigenvalue weighted by molar-refractivity contribution is -0.123. The van der Waals surface area contributed by atoms with E-state index >= 15 is 0 Å². The third-order valence-corrected chi connectivity index (χ3v) is 4.94. The molecule has 2 amide bonds. The molecular formula is C14H13N5O2S. The fraction of sp³-hybridized carbons (Fsp3) is 0.286. The van der Waals surface area contributed by atoms with Crippen molar-refractivity contribution in [2.75, 3.05) is 13.1 Å². The molecule has 4 heterocycles. The molecule has 2 aromatic rings. The standard InChI is InChI=1S/C14H13N5O2S/c1-8-16-13(21)14(18-8)4-6-19(7-14)12(20)11-17-10-9(22-11)3-2-5-15-10/h2-3,5,18H,1,4,6-7H2,(H,16,21)/i5T. The monoisotopic (exact) mass is 317 g/mol. The first-order chi connectivity index (χ1) is 11.0. The van der Waals surface area contributed by atoms with Gasteiger partial charge in [0.25, 0.3) is 11.8 Å². The normalized spacial score (nSPS) is 24.7. The van der Waals surface area contributed by atoms with Crippen LogP contribution in [0.25, 0.3) is 10.3 Å². The third-order valence-electron chi connectivity index (χ3n) is 3.94. The van der Waals surface area contributed by atoms with Crippen LogP contribution in [0.1, 0.15) is 17.6 Å². The van der Waals surface area contributed by atoms with E-state index in [0.717, 1.165) is 4.70 Å². The zero-order valence-electron chi connectivity index (χ0n) is 12.5. The van der Waals surface area contributed by atoms with E-state index in [0.29, 0.717) is 29.4 Å². The molecule has 2 N–H and O–H groups in total. The number of carbonyl (C=O) groups is 2. The molecule has 2 fully saturated rings. The lowest BCUT2D eigenvalue weighted by Gasteiger charge is -2.21. The summed E-state index contributed by atoms with van der Waals surface area (Å²) in [4.78, 5) is 34.6. The van der Waals surface area contributed by atoms with Crippen LogP contribution in [0.15, 0.2) is 30.7 Å². The van der Waals surface area contributed by atoms with Crippen molar-refractivity contribution in [3.05, 3.63) is 35.7 Å². The van der Waals surface area contributed by atoms with Gasteiger partial charge in [0.05, 0.1) is 18.4 Å². The molecule has 0 aromatic carbocycles. The van der Waals surface area contributed by atoms with E-state index in [1.807, 2.05) is 0 Å². The molecule has 2 aliphatic heterocycles. The van der Waals surface area contributed by atoms with E-state index < -0.39 is 5.54 Å². The van der Waals surface area contributed by atoms with Crippen molar-refractivity contribution < 1.29 is 11.0 Å². The molecule has 0 radical (unpaired) electrons. The average Bonchev–Trinajstić information content (AvgIpc) is 3.17. The minimum Gasteiger partial charge on any atom is -0.356 e. The molecule has 0 aliphatic carbocycles. The smallest absolute Gasteiger partial charge is 0.283 e. The number of hydrogen-bond acceptors (Lipinski definition) is 6. The van der Waals surface area contributed by atoms with E-state index in [1.54, 1.807) is 17.0 Å². The Morgan fingerprint density at radius 1 is 1.59 bits per heavy atom. The maximum absolute atomic E-state index is 12.6. The molecule has 2 aliphatic rings. The molecule has 8 heteroatoms. The molecule has 112 valence electrons. The minimum atomic E-state index is -0.782. The number of amides is 2. The van der Waals surface area contributed by atoms with Gasteiger partial charge in [-0.3, -0.25) is 9.59 Å². The van der Waals surface area contributed by atoms with Crippen LogP contribution in [0, 0.1) is 0 Å². The van der Waals surface area contributed by atoms with Crippen LogP contribution in [-0.2, 0) is 4.79 Å². The van der Waals surface area contributed by atoms with Gasteiger partial charge in [0.15, 0.2) is 10.7 Å². The van der Waals surface area contributed by atoms with E-state index in [-0.39, 0.29) is 24.5 Å². The second-order valence-electron chi connectivity index (χ2n) is 5.40. The summed E-state index contributed by atoms with van der Waals surface area (Å²) in [5.74, 6) is 0.0996. The quantitative estimate of drug-likeness (QED) is 0.798. The Balaban J connectivity index is 1.59. The van der Waals surface area contributed by atoms with E-state index in [4.69, 9.17) is 1.37 Å². The summed E-state index contributed by atoms with van der Waals surface area (Å²) in [6.07, 6.45) is 0.649. The Kier molecular flexibility index (Phi) is 2.48. The number of rotatable bonds is 1. The number of pyridine rings is 1. The van der Waals surface area contributed by atoms with Crippen LogP contribution in [0.3, 0.4) is 0 Å². The maximum atomic E-state index is 12.6. The van der Waals surface area contributed by atoms with Crippen molar-refractivity contribution in [1.82, 2.24) is 25.5 Å². The lowest BCUT2D eigenvalue weighted by atomic mass is 9.99. The fourth-order valence-corrected chi connectivity index (χ4v) is 3.73. The third kappa shape index (κ3) is 1.87. The zero-order chi connectivity index (χ0) is 16.2. The fourth-order valence-electron chi connectivity index (χ4n) is 2.85. The van der Waals surface area contributed by atoms with Crippen LogP contribution in [0.5, 0.6) is 0 Å². The highest BCUT2D eigenvalue weighted by atomic mass is 32.1. The van der Waals surface area contributed by atoms with Crippen LogP contribution in [0.2, 0.25) is 0 Å². The summed E-state index contributed by atoms with van der Waals surface area (Å²) in [6.45, 7) is 4.46. The lowest BCUT2D eigenvalue weighted by Crippen LogP contribution is -2.49. The van der Waals surface area contributed by atoms with Gasteiger partial charge in [0.1, 0.15) is 5.54 Å². The number of nitrogens with zero attached hydrogens (tertiary/aromatic N) is 3. The number of hydrogen-bond donors (Lipinski definition) is 2. The second kappa shape index (κ2) is 4.51. The van der Waals surface area contributed by atoms with Gasteiger partial charge in [-0.25, -0.2) is 9.97 Å². The number of aromatic nitrogens is 2. The van der Waals surface area contributed by atoms with Gasteiger partial charge in [-0.1, -0.05) is 6.58 Å². The predicted octanol–water partition coefficient (Wildman–Crippen LogP) is 0.467. The number of thiazole rings is 1. The van der Waals surface area contributed by atoms with Crippen molar-refractivity contribution >= 4 is 33.5 Å². The summed E-state index contributed by atoms with van der Waals surface area (Å²) in [7, 11) is 0. The molecule has 0 saturated carbocycles. The Bertz CT molecular complexity index is 866. The first-order valence-corrected chi connectivity index (χ1v) is 7.60. The number of likely N-dealkylation sites (tertiary alicyclic amines) is 1. The van der Waals surface area contributed by atoms with Gasteiger partial charge in [-0.05, 0) is 18.6 Å². The van der Waals surface area contributed by atoms with Gasteiger partial charge in [0.2, 0.25) is 0 Å². The maximum Gasteiger partial charge on any atom is 0.283 e. The molecule has 1 atom stereocenters. The molecule has 22 heavy (non-hydrogen) atoms. The van der Waals surface area contributed by atoms with Crippen molar-refractivity contribution in [1.29, 1.82) is 0 Å². The van der Waals surface area contributed by atoms with Crippen molar-refractivity contribution in [2.24, 2.45) is 0 Å². The Labute approximate surface area is 131 Å². The molecule has 4 rings (SSSR count). The highest BCUT2D eigenvalue weighted by Crippen LogP contribution is 2.29. The molecule has 1 unspecified atom stereocenters. The summed E-state index contributed by atoms with van der Waals surface area (Å²) in [5.41, 5.74) is -0.374. The number of nitrogens with one attached hydrogen (secondary N) is 2. The average molecular weight is 317 g/mol. The molecule has 7 nitrogen and oxygen atoms in total. The van der Waals surface area contributed by atoms with Crippen LogP contribution in [0.4, 0.5) is 0 Å². The zero-order valence-corrected chi connectivity index (χ0v) is 12.4. The first kappa shape index (κ1) is 12.1. The second-order valence-corrected chi connectivity index (χ2v) is 6.43. The van der Waals surface area contributed by atoms with E-state index in [1.165, 1.54) is 11.3 Å². The molecular weight excluding hydrogens is 302 g/mol. The molecule has 2 saturated heterocycles. The Morgan fingerprint density at radius 2 is 2.45 bits per heavy atom. The van der Waals surface area contributed by atoms with Gasteiger partial charge in [-0.2, -0.15) is 0 Å². The van der Waals surface area contributed by atoms with Crippen LogP contribution in [-0.4, -0.2) is 45.3 Å². The number of carbonyl (C=O) groups excluding carboxylic acids is 2. The molecule has 0 bridgehead atoms. The van der Waals surface area contributed by atoms with Gasteiger partial charge < -0.3 is 15.5 Å². The van der Waals surface area contributed by atoms with Crippen LogP contribution >= 0.6 is 11.3 Å². The Morgan fingerprint density at radius 3 is 3.23 bits per heavy atom. The summed E-state index contributed by atoms with van der Waals surface area (Å²) < 4.78 is 8.27. The summed E-state index contributed by atoms with van der Waals surface area (Å²) in [5, 5.41) is 6.02. The van der Waals surface area contributed by atoms with Crippen molar-refractivity contribution in [2.45, 2.75) is 12.0 Å². The number of fused-ring (bicyclic) bond motifs is 1. The summed E-state index contributed by atoms with van der Waals surface area (Å²) in [6, 6.07) is 3.30. The van der Waals surface area contributed by atoms with Crippen molar-refractivity contribution in [3.63, 3.8) is 0 Å². The summed E-state index contributed by atoms with van der Waals surface area (Å²) >= 11 is 1.25. The van der Waals surface area contributed by atoms with Gasteiger partial charge >= 0.3 is 0 Å². The first-order valence-electron chi connectivity index (χ1n) is 7.29. The van der Waals surface area contributed by atoms with E-state index in [9.17, 15) is 9.59 Å². The van der Waals surface area contributed by atoms with Gasteiger partial charge in [0, 0.05) is 12.7 Å². The topological polar surface area (TPSA) is 87.2 Å². The molecule has 1 spiro atoms. The molecule has 2 aromatic heterocycles. The highest BCUT2D eigenvalue weighted by Gasteiger charge is 2.50. The SMILES string of the molecule is [3H]c1ccc2sc(C(=O)N3CCC4(C3)NC(=C)NC4=O)nc2n1. The van der Waals surface area contributed by atoms with E-state index in [2.05, 4.69) is 27.2 Å².